The van der Waals surface area contributed by atoms with Gasteiger partial charge in [0.25, 0.3) is 5.91 Å². The van der Waals surface area contributed by atoms with Gasteiger partial charge in [0.2, 0.25) is 0 Å². The van der Waals surface area contributed by atoms with Gasteiger partial charge in [0.1, 0.15) is 5.75 Å². The molecule has 1 aromatic heterocycles. The van der Waals surface area contributed by atoms with Gasteiger partial charge in [-0.3, -0.25) is 9.69 Å². The zero-order valence-electron chi connectivity index (χ0n) is 14.8. The standard InChI is InChI=1S/C19H25N3O3/c1-3-15-9-16(25-21-15)12-22-8-7-14(11-22)10-20-19(24)17-5-4-6-18(23)13(17)2/h4-6,9,14,23H,3,7-8,10-12H2,1-2H3,(H,20,24)/t14-/m0/s1. The van der Waals surface area contributed by atoms with Crippen molar-refractivity contribution in [3.05, 3.63) is 46.8 Å². The van der Waals surface area contributed by atoms with Crippen molar-refractivity contribution >= 4 is 5.91 Å². The minimum atomic E-state index is -0.130. The topological polar surface area (TPSA) is 78.6 Å². The lowest BCUT2D eigenvalue weighted by Crippen LogP contribution is -2.31. The predicted molar refractivity (Wildman–Crippen MR) is 94.4 cm³/mol. The average Bonchev–Trinajstić information content (AvgIpc) is 3.25. The van der Waals surface area contributed by atoms with Crippen LogP contribution in [0, 0.1) is 12.8 Å². The van der Waals surface area contributed by atoms with E-state index in [9.17, 15) is 9.90 Å². The number of amides is 1. The molecule has 6 nitrogen and oxygen atoms in total. The third-order valence-electron chi connectivity index (χ3n) is 4.82. The summed E-state index contributed by atoms with van der Waals surface area (Å²) in [6.45, 7) is 7.15. The summed E-state index contributed by atoms with van der Waals surface area (Å²) >= 11 is 0. The summed E-state index contributed by atoms with van der Waals surface area (Å²) in [6, 6.07) is 7.03. The van der Waals surface area contributed by atoms with Gasteiger partial charge in [-0.1, -0.05) is 18.1 Å². The van der Waals surface area contributed by atoms with Crippen LogP contribution in [0.4, 0.5) is 0 Å². The van der Waals surface area contributed by atoms with E-state index in [0.717, 1.165) is 43.9 Å². The normalized spacial score (nSPS) is 17.8. The van der Waals surface area contributed by atoms with Crippen molar-refractivity contribution in [1.29, 1.82) is 0 Å². The first-order chi connectivity index (χ1) is 12.1. The lowest BCUT2D eigenvalue weighted by Gasteiger charge is -2.15. The molecular weight excluding hydrogens is 318 g/mol. The van der Waals surface area contributed by atoms with Crippen molar-refractivity contribution in [2.75, 3.05) is 19.6 Å². The Hall–Kier alpha value is -2.34. The van der Waals surface area contributed by atoms with Crippen molar-refractivity contribution in [3.8, 4) is 5.75 Å². The summed E-state index contributed by atoms with van der Waals surface area (Å²) in [5.41, 5.74) is 2.13. The van der Waals surface area contributed by atoms with Gasteiger partial charge in [0.15, 0.2) is 5.76 Å². The van der Waals surface area contributed by atoms with E-state index in [1.54, 1.807) is 25.1 Å². The second kappa shape index (κ2) is 7.70. The summed E-state index contributed by atoms with van der Waals surface area (Å²) in [5.74, 6) is 1.35. The van der Waals surface area contributed by atoms with Gasteiger partial charge in [0.05, 0.1) is 12.2 Å². The number of aryl methyl sites for hydroxylation is 1. The first kappa shape index (κ1) is 17.5. The zero-order chi connectivity index (χ0) is 17.8. The summed E-state index contributed by atoms with van der Waals surface area (Å²) in [6.07, 6.45) is 1.93. The Morgan fingerprint density at radius 3 is 3.08 bits per heavy atom. The molecule has 0 aliphatic carbocycles. The van der Waals surface area contributed by atoms with Crippen LogP contribution in [0.2, 0.25) is 0 Å². The number of rotatable bonds is 6. The average molecular weight is 343 g/mol. The fourth-order valence-electron chi connectivity index (χ4n) is 3.24. The van der Waals surface area contributed by atoms with E-state index in [4.69, 9.17) is 4.52 Å². The summed E-state index contributed by atoms with van der Waals surface area (Å²) in [7, 11) is 0. The maximum atomic E-state index is 12.3. The Balaban J connectivity index is 1.48. The largest absolute Gasteiger partial charge is 0.508 e. The SMILES string of the molecule is CCc1cc(CN2CC[C@@H](CNC(=O)c3cccc(O)c3C)C2)on1. The number of aromatic hydroxyl groups is 1. The molecule has 0 saturated carbocycles. The van der Waals surface area contributed by atoms with Crippen molar-refractivity contribution in [1.82, 2.24) is 15.4 Å². The molecule has 1 fully saturated rings. The second-order valence-electron chi connectivity index (χ2n) is 6.69. The smallest absolute Gasteiger partial charge is 0.251 e. The van der Waals surface area contributed by atoms with Gasteiger partial charge in [0, 0.05) is 30.3 Å². The number of nitrogens with zero attached hydrogens (tertiary/aromatic N) is 2. The molecule has 0 bridgehead atoms. The van der Waals surface area contributed by atoms with Crippen molar-refractivity contribution < 1.29 is 14.4 Å². The minimum Gasteiger partial charge on any atom is -0.508 e. The van der Waals surface area contributed by atoms with Crippen LogP contribution in [-0.4, -0.2) is 40.7 Å². The monoisotopic (exact) mass is 343 g/mol. The number of carbonyl (C=O) groups is 1. The minimum absolute atomic E-state index is 0.130. The van der Waals surface area contributed by atoms with Crippen LogP contribution in [0.1, 0.15) is 40.7 Å². The summed E-state index contributed by atoms with van der Waals surface area (Å²) < 4.78 is 5.35. The number of carbonyl (C=O) groups excluding carboxylic acids is 1. The number of aromatic nitrogens is 1. The molecule has 6 heteroatoms. The quantitative estimate of drug-likeness (QED) is 0.842. The van der Waals surface area contributed by atoms with E-state index >= 15 is 0 Å². The maximum Gasteiger partial charge on any atom is 0.251 e. The van der Waals surface area contributed by atoms with Gasteiger partial charge >= 0.3 is 0 Å². The highest BCUT2D eigenvalue weighted by molar-refractivity contribution is 5.96. The molecule has 2 aromatic rings. The van der Waals surface area contributed by atoms with E-state index in [2.05, 4.69) is 22.3 Å². The van der Waals surface area contributed by atoms with Gasteiger partial charge in [-0.2, -0.15) is 0 Å². The van der Waals surface area contributed by atoms with E-state index in [1.807, 2.05) is 6.07 Å². The lowest BCUT2D eigenvalue weighted by molar-refractivity contribution is 0.0946. The molecule has 1 aromatic carbocycles. The van der Waals surface area contributed by atoms with E-state index in [1.165, 1.54) is 0 Å². The molecule has 2 N–H and O–H groups in total. The first-order valence-corrected chi connectivity index (χ1v) is 8.80. The van der Waals surface area contributed by atoms with Crippen molar-refractivity contribution in [3.63, 3.8) is 0 Å². The molecule has 3 rings (SSSR count). The number of hydrogen-bond acceptors (Lipinski definition) is 5. The van der Waals surface area contributed by atoms with Crippen molar-refractivity contribution in [2.45, 2.75) is 33.2 Å². The summed E-state index contributed by atoms with van der Waals surface area (Å²) in [4.78, 5) is 14.7. The zero-order valence-corrected chi connectivity index (χ0v) is 14.8. The van der Waals surface area contributed by atoms with Crippen LogP contribution < -0.4 is 5.32 Å². The Labute approximate surface area is 147 Å². The molecule has 134 valence electrons. The molecule has 1 amide bonds. The highest BCUT2D eigenvalue weighted by Gasteiger charge is 2.24. The Kier molecular flexibility index (Phi) is 5.38. The fraction of sp³-hybridized carbons (Fsp3) is 0.474. The van der Waals surface area contributed by atoms with Crippen LogP contribution in [0.5, 0.6) is 5.75 Å². The van der Waals surface area contributed by atoms with E-state index < -0.39 is 0 Å². The van der Waals surface area contributed by atoms with Gasteiger partial charge in [-0.15, -0.1) is 0 Å². The molecule has 0 radical (unpaired) electrons. The third kappa shape index (κ3) is 4.20. The number of benzene rings is 1. The van der Waals surface area contributed by atoms with Crippen LogP contribution in [-0.2, 0) is 13.0 Å². The number of nitrogens with one attached hydrogen (secondary N) is 1. The molecular formula is C19H25N3O3. The molecule has 1 atom stereocenters. The summed E-state index contributed by atoms with van der Waals surface area (Å²) in [5, 5.41) is 16.7. The molecule has 1 aliphatic heterocycles. The molecule has 1 saturated heterocycles. The number of phenolic OH excluding ortho intramolecular Hbond substituents is 1. The fourth-order valence-corrected chi connectivity index (χ4v) is 3.24. The highest BCUT2D eigenvalue weighted by atomic mass is 16.5. The van der Waals surface area contributed by atoms with Crippen LogP contribution in [0.3, 0.4) is 0 Å². The Morgan fingerprint density at radius 1 is 1.48 bits per heavy atom. The van der Waals surface area contributed by atoms with Crippen molar-refractivity contribution in [2.24, 2.45) is 5.92 Å². The van der Waals surface area contributed by atoms with Crippen LogP contribution in [0.25, 0.3) is 0 Å². The lowest BCUT2D eigenvalue weighted by atomic mass is 10.1. The molecule has 0 unspecified atom stereocenters. The van der Waals surface area contributed by atoms with E-state index in [-0.39, 0.29) is 11.7 Å². The molecule has 1 aliphatic rings. The predicted octanol–water partition coefficient (Wildman–Crippen LogP) is 2.50. The second-order valence-corrected chi connectivity index (χ2v) is 6.69. The van der Waals surface area contributed by atoms with Crippen LogP contribution >= 0.6 is 0 Å². The molecule has 25 heavy (non-hydrogen) atoms. The van der Waals surface area contributed by atoms with Gasteiger partial charge < -0.3 is 14.9 Å². The highest BCUT2D eigenvalue weighted by Crippen LogP contribution is 2.21. The molecule has 0 spiro atoms. The Bertz CT molecular complexity index is 741. The van der Waals surface area contributed by atoms with Crippen LogP contribution in [0.15, 0.2) is 28.8 Å². The number of likely N-dealkylation sites (tertiary alicyclic amines) is 1. The Morgan fingerprint density at radius 2 is 2.32 bits per heavy atom. The van der Waals surface area contributed by atoms with E-state index in [0.29, 0.717) is 23.6 Å². The first-order valence-electron chi connectivity index (χ1n) is 8.80. The maximum absolute atomic E-state index is 12.3. The molecule has 2 heterocycles. The van der Waals surface area contributed by atoms with Gasteiger partial charge in [-0.25, -0.2) is 0 Å². The third-order valence-corrected chi connectivity index (χ3v) is 4.82. The number of phenols is 1. The number of hydrogen-bond donors (Lipinski definition) is 2. The van der Waals surface area contributed by atoms with Gasteiger partial charge in [-0.05, 0) is 44.4 Å².